The molecule has 118 valence electrons. The summed E-state index contributed by atoms with van der Waals surface area (Å²) < 4.78 is 22.7. The highest BCUT2D eigenvalue weighted by Crippen LogP contribution is 2.37. The molecule has 5 unspecified atom stereocenters. The van der Waals surface area contributed by atoms with Gasteiger partial charge in [-0.3, -0.25) is 0 Å². The molecule has 2 heterocycles. The molecule has 6 nitrogen and oxygen atoms in total. The van der Waals surface area contributed by atoms with E-state index >= 15 is 0 Å². The van der Waals surface area contributed by atoms with Gasteiger partial charge in [-0.2, -0.15) is 5.26 Å². The van der Waals surface area contributed by atoms with Gasteiger partial charge < -0.3 is 24.1 Å². The van der Waals surface area contributed by atoms with Crippen LogP contribution in [0.5, 0.6) is 0 Å². The van der Waals surface area contributed by atoms with Crippen LogP contribution in [0.25, 0.3) is 0 Å². The molecule has 3 rings (SSSR count). The minimum absolute atomic E-state index is 0.313. The molecule has 2 fully saturated rings. The standard InChI is InChI=1S/C16H19NO5/c1-16(2)21-14-13(19-9-10-6-4-3-5-7-10)12(18)11(8-17)20-15(14)22-16/h3-7,11-15,18H,9H2,1-2H3. The van der Waals surface area contributed by atoms with Crippen molar-refractivity contribution in [2.45, 2.75) is 56.9 Å². The second kappa shape index (κ2) is 5.95. The predicted octanol–water partition coefficient (Wildman–Crippen LogP) is 1.33. The first-order valence-electron chi connectivity index (χ1n) is 7.24. The summed E-state index contributed by atoms with van der Waals surface area (Å²) in [6.45, 7) is 3.83. The summed E-state index contributed by atoms with van der Waals surface area (Å²) in [5.74, 6) is -0.840. The molecule has 1 aromatic rings. The smallest absolute Gasteiger partial charge is 0.191 e. The van der Waals surface area contributed by atoms with Gasteiger partial charge in [-0.05, 0) is 19.4 Å². The summed E-state index contributed by atoms with van der Waals surface area (Å²) in [7, 11) is 0. The third-order valence-corrected chi connectivity index (χ3v) is 3.75. The lowest BCUT2D eigenvalue weighted by Gasteiger charge is -2.37. The second-order valence-corrected chi connectivity index (χ2v) is 5.91. The molecule has 6 heteroatoms. The molecule has 2 aliphatic heterocycles. The lowest BCUT2D eigenvalue weighted by molar-refractivity contribution is -0.246. The van der Waals surface area contributed by atoms with Crippen molar-refractivity contribution in [3.8, 4) is 6.07 Å². The van der Waals surface area contributed by atoms with Crippen LogP contribution in [0.15, 0.2) is 30.3 Å². The molecule has 1 N–H and O–H groups in total. The van der Waals surface area contributed by atoms with E-state index in [0.29, 0.717) is 6.61 Å². The Morgan fingerprint density at radius 3 is 2.68 bits per heavy atom. The van der Waals surface area contributed by atoms with Gasteiger partial charge in [-0.25, -0.2) is 0 Å². The van der Waals surface area contributed by atoms with E-state index in [0.717, 1.165) is 5.56 Å². The Hall–Kier alpha value is -1.49. The quantitative estimate of drug-likeness (QED) is 0.907. The summed E-state index contributed by atoms with van der Waals surface area (Å²) in [5, 5.41) is 19.4. The van der Waals surface area contributed by atoms with Gasteiger partial charge in [-0.1, -0.05) is 30.3 Å². The van der Waals surface area contributed by atoms with E-state index in [1.807, 2.05) is 36.4 Å². The maximum absolute atomic E-state index is 10.3. The van der Waals surface area contributed by atoms with Gasteiger partial charge >= 0.3 is 0 Å². The topological polar surface area (TPSA) is 80.9 Å². The molecule has 2 saturated heterocycles. The van der Waals surface area contributed by atoms with Crippen LogP contribution < -0.4 is 0 Å². The SMILES string of the molecule is CC1(C)OC2OC(C#N)C(O)C(OCc3ccccc3)C2O1. The lowest BCUT2D eigenvalue weighted by atomic mass is 9.99. The van der Waals surface area contributed by atoms with Crippen molar-refractivity contribution < 1.29 is 24.1 Å². The maximum Gasteiger partial charge on any atom is 0.191 e. The van der Waals surface area contributed by atoms with E-state index in [-0.39, 0.29) is 0 Å². The highest BCUT2D eigenvalue weighted by Gasteiger charge is 2.55. The molecule has 0 aromatic heterocycles. The first-order valence-corrected chi connectivity index (χ1v) is 7.24. The van der Waals surface area contributed by atoms with Crippen LogP contribution in [0.2, 0.25) is 0 Å². The Balaban J connectivity index is 1.75. The van der Waals surface area contributed by atoms with E-state index in [2.05, 4.69) is 0 Å². The summed E-state index contributed by atoms with van der Waals surface area (Å²) in [6.07, 6.45) is -4.07. The Bertz CT molecular complexity index is 555. The number of aliphatic hydroxyl groups excluding tert-OH is 1. The normalized spacial score (nSPS) is 36.5. The van der Waals surface area contributed by atoms with E-state index < -0.39 is 36.5 Å². The van der Waals surface area contributed by atoms with Crippen LogP contribution in [0, 0.1) is 11.3 Å². The van der Waals surface area contributed by atoms with Gasteiger partial charge in [0.05, 0.1) is 12.7 Å². The first kappa shape index (κ1) is 15.4. The third kappa shape index (κ3) is 3.00. The number of aliphatic hydroxyl groups is 1. The summed E-state index contributed by atoms with van der Waals surface area (Å²) in [4.78, 5) is 0. The zero-order valence-electron chi connectivity index (χ0n) is 12.5. The molecule has 0 radical (unpaired) electrons. The van der Waals surface area contributed by atoms with Crippen LogP contribution in [0.4, 0.5) is 0 Å². The highest BCUT2D eigenvalue weighted by molar-refractivity contribution is 5.13. The van der Waals surface area contributed by atoms with E-state index in [9.17, 15) is 5.11 Å². The lowest BCUT2D eigenvalue weighted by Crippen LogP contribution is -2.56. The van der Waals surface area contributed by atoms with Gasteiger partial charge in [0.15, 0.2) is 18.2 Å². The molecule has 0 spiro atoms. The average molecular weight is 305 g/mol. The number of nitriles is 1. The van der Waals surface area contributed by atoms with Crippen LogP contribution >= 0.6 is 0 Å². The van der Waals surface area contributed by atoms with Gasteiger partial charge in [0.2, 0.25) is 0 Å². The monoisotopic (exact) mass is 305 g/mol. The van der Waals surface area contributed by atoms with Crippen molar-refractivity contribution in [2.75, 3.05) is 0 Å². The molecule has 0 bridgehead atoms. The maximum atomic E-state index is 10.3. The largest absolute Gasteiger partial charge is 0.386 e. The van der Waals surface area contributed by atoms with Gasteiger partial charge in [0.25, 0.3) is 0 Å². The molecular formula is C16H19NO5. The molecule has 22 heavy (non-hydrogen) atoms. The Kier molecular flexibility index (Phi) is 4.17. The zero-order valence-corrected chi connectivity index (χ0v) is 12.5. The van der Waals surface area contributed by atoms with Crippen molar-refractivity contribution >= 4 is 0 Å². The Morgan fingerprint density at radius 2 is 2.00 bits per heavy atom. The number of hydrogen-bond acceptors (Lipinski definition) is 6. The molecular weight excluding hydrogens is 286 g/mol. The molecule has 1 aromatic carbocycles. The minimum atomic E-state index is -1.09. The number of rotatable bonds is 3. The fraction of sp³-hybridized carbons (Fsp3) is 0.562. The summed E-state index contributed by atoms with van der Waals surface area (Å²) >= 11 is 0. The van der Waals surface area contributed by atoms with Gasteiger partial charge in [0.1, 0.15) is 18.3 Å². The first-order chi connectivity index (χ1) is 10.5. The average Bonchev–Trinajstić information content (AvgIpc) is 2.81. The van der Waals surface area contributed by atoms with Crippen molar-refractivity contribution in [2.24, 2.45) is 0 Å². The summed E-state index contributed by atoms with van der Waals surface area (Å²) in [5.41, 5.74) is 0.976. The van der Waals surface area contributed by atoms with Gasteiger partial charge in [-0.15, -0.1) is 0 Å². The van der Waals surface area contributed by atoms with Crippen molar-refractivity contribution in [3.05, 3.63) is 35.9 Å². The second-order valence-electron chi connectivity index (χ2n) is 5.91. The van der Waals surface area contributed by atoms with Crippen molar-refractivity contribution in [1.82, 2.24) is 0 Å². The number of benzene rings is 1. The highest BCUT2D eigenvalue weighted by atomic mass is 16.8. The molecule has 0 aliphatic carbocycles. The zero-order chi connectivity index (χ0) is 15.7. The van der Waals surface area contributed by atoms with Crippen LogP contribution in [0.1, 0.15) is 19.4 Å². The van der Waals surface area contributed by atoms with Crippen LogP contribution in [-0.2, 0) is 25.6 Å². The van der Waals surface area contributed by atoms with E-state index in [1.165, 1.54) is 0 Å². The fourth-order valence-electron chi connectivity index (χ4n) is 2.74. The summed E-state index contributed by atoms with van der Waals surface area (Å²) in [6, 6.07) is 11.5. The van der Waals surface area contributed by atoms with Crippen LogP contribution in [0.3, 0.4) is 0 Å². The number of hydrogen-bond donors (Lipinski definition) is 1. The minimum Gasteiger partial charge on any atom is -0.386 e. The number of fused-ring (bicyclic) bond motifs is 1. The molecule has 0 amide bonds. The van der Waals surface area contributed by atoms with Crippen molar-refractivity contribution in [1.29, 1.82) is 5.26 Å². The van der Waals surface area contributed by atoms with E-state index in [1.54, 1.807) is 13.8 Å². The molecule has 2 aliphatic rings. The fourth-order valence-corrected chi connectivity index (χ4v) is 2.74. The Labute approximate surface area is 129 Å². The molecule has 0 saturated carbocycles. The van der Waals surface area contributed by atoms with Gasteiger partial charge in [0, 0.05) is 0 Å². The van der Waals surface area contributed by atoms with E-state index in [4.69, 9.17) is 24.2 Å². The Morgan fingerprint density at radius 1 is 1.27 bits per heavy atom. The molecule has 5 atom stereocenters. The van der Waals surface area contributed by atoms with Crippen molar-refractivity contribution in [3.63, 3.8) is 0 Å². The van der Waals surface area contributed by atoms with Crippen LogP contribution in [-0.4, -0.2) is 41.6 Å². The third-order valence-electron chi connectivity index (χ3n) is 3.75. The predicted molar refractivity (Wildman–Crippen MR) is 75.3 cm³/mol. The number of ether oxygens (including phenoxy) is 4. The number of nitrogens with zero attached hydrogens (tertiary/aromatic N) is 1.